The van der Waals surface area contributed by atoms with Gasteiger partial charge in [0, 0.05) is 42.8 Å². The maximum atomic E-state index is 13.8. The molecule has 32 heavy (non-hydrogen) atoms. The van der Waals surface area contributed by atoms with E-state index in [0.717, 1.165) is 25.1 Å². The Kier molecular flexibility index (Phi) is 5.63. The van der Waals surface area contributed by atoms with Crippen molar-refractivity contribution in [3.8, 4) is 11.1 Å². The number of esters is 1. The summed E-state index contributed by atoms with van der Waals surface area (Å²) < 4.78 is 20.6. The number of hydrogen-bond donors (Lipinski definition) is 1. The monoisotopic (exact) mass is 440 g/mol. The van der Waals surface area contributed by atoms with E-state index >= 15 is 0 Å². The topological polar surface area (TPSA) is 71.8 Å². The van der Waals surface area contributed by atoms with Gasteiger partial charge in [0.25, 0.3) is 5.56 Å². The molecule has 1 saturated carbocycles. The smallest absolute Gasteiger partial charge is 0.323 e. The Labute approximate surface area is 186 Å². The summed E-state index contributed by atoms with van der Waals surface area (Å²) in [6.45, 7) is 1.06. The summed E-state index contributed by atoms with van der Waals surface area (Å²) in [6.07, 6.45) is 4.67. The van der Waals surface area contributed by atoms with Gasteiger partial charge in [0.05, 0.1) is 13.2 Å². The molecule has 2 fully saturated rings. The van der Waals surface area contributed by atoms with Crippen LogP contribution in [0.2, 0.25) is 0 Å². The Morgan fingerprint density at radius 2 is 2.00 bits per heavy atom. The first-order valence-corrected chi connectivity index (χ1v) is 11.5. The number of carbonyl (C=O) groups excluding carboxylic acids is 1. The third-order valence-corrected chi connectivity index (χ3v) is 7.71. The van der Waals surface area contributed by atoms with Crippen LogP contribution in [-0.4, -0.2) is 46.8 Å². The number of fused-ring (bicyclic) bond motifs is 3. The van der Waals surface area contributed by atoms with Crippen LogP contribution in [0.5, 0.6) is 0 Å². The molecule has 4 atom stereocenters. The Hall–Kier alpha value is -2.51. The second kappa shape index (κ2) is 8.45. The number of aliphatic hydroxyl groups excluding tert-OH is 1. The molecule has 0 spiro atoms. The maximum Gasteiger partial charge on any atom is 0.323 e. The molecular formula is C25H29FN2O4. The van der Waals surface area contributed by atoms with Crippen molar-refractivity contribution in [2.45, 2.75) is 44.3 Å². The lowest BCUT2D eigenvalue weighted by Crippen LogP contribution is -2.45. The molecule has 0 bridgehead atoms. The zero-order chi connectivity index (χ0) is 22.4. The molecule has 2 aromatic rings. The van der Waals surface area contributed by atoms with Crippen LogP contribution < -0.4 is 5.56 Å². The molecule has 1 saturated heterocycles. The zero-order valence-electron chi connectivity index (χ0n) is 18.2. The number of benzene rings is 1. The molecule has 3 heterocycles. The molecule has 5 rings (SSSR count). The fourth-order valence-electron chi connectivity index (χ4n) is 6.27. The molecule has 0 radical (unpaired) electrons. The highest BCUT2D eigenvalue weighted by Crippen LogP contribution is 2.50. The van der Waals surface area contributed by atoms with Crippen LogP contribution in [0.25, 0.3) is 11.1 Å². The molecule has 1 aromatic heterocycles. The second-order valence-electron chi connectivity index (χ2n) is 9.37. The number of aromatic nitrogens is 1. The van der Waals surface area contributed by atoms with E-state index in [-0.39, 0.29) is 41.8 Å². The van der Waals surface area contributed by atoms with Crippen molar-refractivity contribution < 1.29 is 19.0 Å². The molecule has 1 aliphatic carbocycles. The number of rotatable bonds is 5. The van der Waals surface area contributed by atoms with E-state index in [2.05, 4.69) is 4.90 Å². The molecule has 3 aliphatic rings. The van der Waals surface area contributed by atoms with Gasteiger partial charge in [-0.1, -0.05) is 25.0 Å². The van der Waals surface area contributed by atoms with Gasteiger partial charge in [0.15, 0.2) is 0 Å². The summed E-state index contributed by atoms with van der Waals surface area (Å²) in [6, 6.07) is 9.13. The van der Waals surface area contributed by atoms with E-state index in [1.165, 1.54) is 32.1 Å². The number of methoxy groups -OCH3 is 1. The predicted octanol–water partition coefficient (Wildman–Crippen LogP) is 2.98. The number of ether oxygens (including phenoxy) is 1. The van der Waals surface area contributed by atoms with Gasteiger partial charge in [0.1, 0.15) is 11.9 Å². The van der Waals surface area contributed by atoms with Crippen LogP contribution >= 0.6 is 0 Å². The number of hydrogen-bond acceptors (Lipinski definition) is 5. The Balaban J connectivity index is 1.57. The van der Waals surface area contributed by atoms with Gasteiger partial charge in [-0.2, -0.15) is 0 Å². The molecule has 7 heteroatoms. The molecule has 0 unspecified atom stereocenters. The summed E-state index contributed by atoms with van der Waals surface area (Å²) in [5, 5.41) is 10.3. The molecule has 1 aromatic carbocycles. The van der Waals surface area contributed by atoms with Crippen LogP contribution in [0.3, 0.4) is 0 Å². The first-order chi connectivity index (χ1) is 15.5. The van der Waals surface area contributed by atoms with E-state index in [4.69, 9.17) is 4.74 Å². The number of carbonyl (C=O) groups is 1. The van der Waals surface area contributed by atoms with Gasteiger partial charge < -0.3 is 14.4 Å². The lowest BCUT2D eigenvalue weighted by atomic mass is 9.88. The first kappa shape index (κ1) is 21.3. The van der Waals surface area contributed by atoms with Gasteiger partial charge >= 0.3 is 5.97 Å². The number of likely N-dealkylation sites (tertiary alicyclic amines) is 1. The van der Waals surface area contributed by atoms with E-state index in [9.17, 15) is 19.1 Å². The van der Waals surface area contributed by atoms with Gasteiger partial charge in [-0.15, -0.1) is 0 Å². The summed E-state index contributed by atoms with van der Waals surface area (Å²) in [5.74, 6) is -0.547. The maximum absolute atomic E-state index is 13.8. The van der Waals surface area contributed by atoms with Crippen molar-refractivity contribution in [1.29, 1.82) is 0 Å². The summed E-state index contributed by atoms with van der Waals surface area (Å²) in [7, 11) is 1.39. The number of nitrogens with zero attached hydrogens (tertiary/aromatic N) is 2. The highest BCUT2D eigenvalue weighted by molar-refractivity contribution is 5.77. The second-order valence-corrected chi connectivity index (χ2v) is 9.37. The highest BCUT2D eigenvalue weighted by Gasteiger charge is 2.56. The van der Waals surface area contributed by atoms with Gasteiger partial charge in [0.2, 0.25) is 0 Å². The van der Waals surface area contributed by atoms with Crippen molar-refractivity contribution in [1.82, 2.24) is 9.47 Å². The SMILES string of the molecule is COC(=O)[C@H]1[C@H](CO)[C@H]2Cn3c(ccc(-c4cccc(F)c4)c3=O)[C@H]2N1CC1CCCC1. The van der Waals surface area contributed by atoms with Crippen molar-refractivity contribution in [2.24, 2.45) is 17.8 Å². The Morgan fingerprint density at radius 3 is 2.69 bits per heavy atom. The molecule has 2 aliphatic heterocycles. The van der Waals surface area contributed by atoms with Gasteiger partial charge in [-0.05, 0) is 48.6 Å². The summed E-state index contributed by atoms with van der Waals surface area (Å²) in [4.78, 5) is 28.3. The van der Waals surface area contributed by atoms with Crippen molar-refractivity contribution in [2.75, 3.05) is 20.3 Å². The van der Waals surface area contributed by atoms with Crippen LogP contribution in [-0.2, 0) is 16.1 Å². The average Bonchev–Trinajstić information content (AvgIpc) is 3.50. The summed E-state index contributed by atoms with van der Waals surface area (Å²) in [5.41, 5.74) is 1.72. The van der Waals surface area contributed by atoms with Crippen molar-refractivity contribution in [3.63, 3.8) is 0 Å². The fourth-order valence-corrected chi connectivity index (χ4v) is 6.27. The molecule has 1 N–H and O–H groups in total. The lowest BCUT2D eigenvalue weighted by Gasteiger charge is -2.32. The Morgan fingerprint density at radius 1 is 1.22 bits per heavy atom. The fraction of sp³-hybridized carbons (Fsp3) is 0.520. The van der Waals surface area contributed by atoms with Crippen molar-refractivity contribution >= 4 is 5.97 Å². The third-order valence-electron chi connectivity index (χ3n) is 7.71. The normalized spacial score (nSPS) is 27.5. The largest absolute Gasteiger partial charge is 0.468 e. The predicted molar refractivity (Wildman–Crippen MR) is 117 cm³/mol. The first-order valence-electron chi connectivity index (χ1n) is 11.5. The minimum Gasteiger partial charge on any atom is -0.468 e. The number of pyridine rings is 1. The Bertz CT molecular complexity index is 1080. The number of halogens is 1. The molecule has 0 amide bonds. The van der Waals surface area contributed by atoms with E-state index in [1.54, 1.807) is 22.8 Å². The quantitative estimate of drug-likeness (QED) is 0.724. The van der Waals surface area contributed by atoms with Crippen LogP contribution in [0.1, 0.15) is 37.4 Å². The lowest BCUT2D eigenvalue weighted by molar-refractivity contribution is -0.148. The molecule has 170 valence electrons. The molecular weight excluding hydrogens is 411 g/mol. The standard InChI is InChI=1S/C25H29FN2O4/c1-32-25(31)23-20(14-29)19-13-27-21(22(19)28(23)12-15-5-2-3-6-15)10-9-18(24(27)30)16-7-4-8-17(26)11-16/h4,7-11,15,19-20,22-23,29H,2-3,5-6,12-14H2,1H3/t19-,20-,22+,23-/m1/s1. The zero-order valence-corrected chi connectivity index (χ0v) is 18.2. The van der Waals surface area contributed by atoms with Gasteiger partial charge in [-0.3, -0.25) is 14.5 Å². The van der Waals surface area contributed by atoms with Crippen LogP contribution in [0.15, 0.2) is 41.2 Å². The third kappa shape index (κ3) is 3.39. The minimum atomic E-state index is -0.507. The minimum absolute atomic E-state index is 0.0547. The number of aliphatic hydroxyl groups is 1. The van der Waals surface area contributed by atoms with Crippen LogP contribution in [0.4, 0.5) is 4.39 Å². The van der Waals surface area contributed by atoms with E-state index in [0.29, 0.717) is 23.6 Å². The summed E-state index contributed by atoms with van der Waals surface area (Å²) >= 11 is 0. The molecule has 6 nitrogen and oxygen atoms in total. The van der Waals surface area contributed by atoms with E-state index < -0.39 is 6.04 Å². The highest BCUT2D eigenvalue weighted by atomic mass is 19.1. The van der Waals surface area contributed by atoms with E-state index in [1.807, 2.05) is 6.07 Å². The van der Waals surface area contributed by atoms with Crippen molar-refractivity contribution in [3.05, 3.63) is 58.3 Å². The van der Waals surface area contributed by atoms with Gasteiger partial charge in [-0.25, -0.2) is 4.39 Å². The average molecular weight is 441 g/mol. The van der Waals surface area contributed by atoms with Crippen LogP contribution in [0, 0.1) is 23.6 Å².